The van der Waals surface area contributed by atoms with Crippen LogP contribution in [0.3, 0.4) is 0 Å². The van der Waals surface area contributed by atoms with E-state index >= 15 is 0 Å². The number of hydrogen-bond donors (Lipinski definition) is 1. The van der Waals surface area contributed by atoms with Gasteiger partial charge in [-0.25, -0.2) is 9.97 Å². The lowest BCUT2D eigenvalue weighted by Gasteiger charge is -2.25. The highest BCUT2D eigenvalue weighted by atomic mass is 32.2. The van der Waals surface area contributed by atoms with E-state index in [9.17, 15) is 4.79 Å². The summed E-state index contributed by atoms with van der Waals surface area (Å²) in [4.78, 5) is 20.7. The molecule has 0 aliphatic carbocycles. The van der Waals surface area contributed by atoms with Gasteiger partial charge in [-0.3, -0.25) is 4.79 Å². The minimum atomic E-state index is -0.670. The molecule has 5 nitrogen and oxygen atoms in total. The van der Waals surface area contributed by atoms with Crippen molar-refractivity contribution in [1.82, 2.24) is 15.3 Å². The lowest BCUT2D eigenvalue weighted by molar-refractivity contribution is -0.147. The second-order valence-corrected chi connectivity index (χ2v) is 6.04. The van der Waals surface area contributed by atoms with E-state index in [0.717, 1.165) is 27.9 Å². The van der Waals surface area contributed by atoms with E-state index in [1.165, 1.54) is 7.11 Å². The van der Waals surface area contributed by atoms with Crippen LogP contribution in [-0.4, -0.2) is 41.4 Å². The molecule has 1 aromatic heterocycles. The van der Waals surface area contributed by atoms with Gasteiger partial charge in [-0.2, -0.15) is 0 Å². The first kappa shape index (κ1) is 16.9. The Morgan fingerprint density at radius 3 is 2.30 bits per heavy atom. The molecule has 1 unspecified atom stereocenters. The molecule has 0 bridgehead atoms. The standard InChI is InChI=1S/C14H23N3O2S/c1-9-10(2)16-13(17-11(9)3)20-8-7-14(4,15-5)12(18)19-6/h15H,7-8H2,1-6H3. The van der Waals surface area contributed by atoms with Gasteiger partial charge in [0, 0.05) is 17.1 Å². The molecule has 1 heterocycles. The summed E-state index contributed by atoms with van der Waals surface area (Å²) >= 11 is 1.56. The molecule has 0 saturated heterocycles. The number of carbonyl (C=O) groups excluding carboxylic acids is 1. The molecule has 0 amide bonds. The molecule has 0 aliphatic rings. The van der Waals surface area contributed by atoms with Gasteiger partial charge in [-0.1, -0.05) is 11.8 Å². The number of methoxy groups -OCH3 is 1. The first-order valence-corrected chi connectivity index (χ1v) is 7.54. The van der Waals surface area contributed by atoms with Crippen molar-refractivity contribution in [2.75, 3.05) is 19.9 Å². The monoisotopic (exact) mass is 297 g/mol. The Morgan fingerprint density at radius 1 is 1.30 bits per heavy atom. The van der Waals surface area contributed by atoms with Crippen molar-refractivity contribution in [3.63, 3.8) is 0 Å². The molecule has 0 aromatic carbocycles. The van der Waals surface area contributed by atoms with Crippen LogP contribution in [0, 0.1) is 20.8 Å². The number of carbonyl (C=O) groups is 1. The van der Waals surface area contributed by atoms with E-state index in [4.69, 9.17) is 4.74 Å². The first-order chi connectivity index (χ1) is 9.34. The fraction of sp³-hybridized carbons (Fsp3) is 0.643. The van der Waals surface area contributed by atoms with E-state index in [1.807, 2.05) is 27.7 Å². The lowest BCUT2D eigenvalue weighted by atomic mass is 10.00. The van der Waals surface area contributed by atoms with Gasteiger partial charge < -0.3 is 10.1 Å². The molecule has 0 aliphatic heterocycles. The number of nitrogens with zero attached hydrogens (tertiary/aromatic N) is 2. The number of esters is 1. The summed E-state index contributed by atoms with van der Waals surface area (Å²) in [6.07, 6.45) is 0.649. The smallest absolute Gasteiger partial charge is 0.325 e. The maximum atomic E-state index is 11.7. The van der Waals surface area contributed by atoms with Crippen molar-refractivity contribution in [3.8, 4) is 0 Å². The van der Waals surface area contributed by atoms with E-state index in [2.05, 4.69) is 15.3 Å². The third-order valence-electron chi connectivity index (χ3n) is 3.63. The molecule has 20 heavy (non-hydrogen) atoms. The fourth-order valence-electron chi connectivity index (χ4n) is 1.71. The van der Waals surface area contributed by atoms with Crippen LogP contribution in [0.25, 0.3) is 0 Å². The largest absolute Gasteiger partial charge is 0.468 e. The predicted molar refractivity (Wildman–Crippen MR) is 81.1 cm³/mol. The number of nitrogens with one attached hydrogen (secondary N) is 1. The van der Waals surface area contributed by atoms with Gasteiger partial charge in [0.05, 0.1) is 7.11 Å². The summed E-state index contributed by atoms with van der Waals surface area (Å²) < 4.78 is 4.82. The number of aromatic nitrogens is 2. The molecule has 112 valence electrons. The van der Waals surface area contributed by atoms with Gasteiger partial charge in [0.25, 0.3) is 0 Å². The Balaban J connectivity index is 2.66. The van der Waals surface area contributed by atoms with Crippen molar-refractivity contribution >= 4 is 17.7 Å². The molecule has 0 fully saturated rings. The molecule has 1 rings (SSSR count). The number of ether oxygens (including phenoxy) is 1. The topological polar surface area (TPSA) is 64.1 Å². The third kappa shape index (κ3) is 3.93. The van der Waals surface area contributed by atoms with Gasteiger partial charge in [-0.15, -0.1) is 0 Å². The highest BCUT2D eigenvalue weighted by Crippen LogP contribution is 2.21. The summed E-state index contributed by atoms with van der Waals surface area (Å²) in [6, 6.07) is 0. The van der Waals surface area contributed by atoms with Crippen LogP contribution < -0.4 is 5.32 Å². The maximum Gasteiger partial charge on any atom is 0.325 e. The van der Waals surface area contributed by atoms with Gasteiger partial charge >= 0.3 is 5.97 Å². The van der Waals surface area contributed by atoms with Crippen LogP contribution in [0.1, 0.15) is 30.3 Å². The van der Waals surface area contributed by atoms with Crippen LogP contribution in [0.2, 0.25) is 0 Å². The Bertz CT molecular complexity index is 470. The second-order valence-electron chi connectivity index (χ2n) is 4.97. The maximum absolute atomic E-state index is 11.7. The fourth-order valence-corrected chi connectivity index (χ4v) is 2.80. The van der Waals surface area contributed by atoms with Gasteiger partial charge in [0.2, 0.25) is 0 Å². The Kier molecular flexibility index (Phi) is 5.95. The van der Waals surface area contributed by atoms with E-state index in [1.54, 1.807) is 18.8 Å². The zero-order chi connectivity index (χ0) is 15.3. The summed E-state index contributed by atoms with van der Waals surface area (Å²) in [5, 5.41) is 3.78. The molecule has 1 atom stereocenters. The van der Waals surface area contributed by atoms with Crippen LogP contribution in [-0.2, 0) is 9.53 Å². The van der Waals surface area contributed by atoms with Crippen LogP contribution in [0.4, 0.5) is 0 Å². The normalized spacial score (nSPS) is 13.9. The highest BCUT2D eigenvalue weighted by molar-refractivity contribution is 7.99. The highest BCUT2D eigenvalue weighted by Gasteiger charge is 2.32. The molecular weight excluding hydrogens is 274 g/mol. The predicted octanol–water partition coefficient (Wildman–Crippen LogP) is 2.04. The quantitative estimate of drug-likeness (QED) is 0.492. The lowest BCUT2D eigenvalue weighted by Crippen LogP contribution is -2.48. The first-order valence-electron chi connectivity index (χ1n) is 6.56. The van der Waals surface area contributed by atoms with Gasteiger partial charge in [-0.05, 0) is 46.7 Å². The minimum absolute atomic E-state index is 0.252. The number of aryl methyl sites for hydroxylation is 2. The van der Waals surface area contributed by atoms with Crippen LogP contribution in [0.5, 0.6) is 0 Å². The third-order valence-corrected chi connectivity index (χ3v) is 4.48. The Labute approximate surface area is 124 Å². The second kappa shape index (κ2) is 7.04. The molecular formula is C14H23N3O2S. The zero-order valence-corrected chi connectivity index (χ0v) is 13.8. The van der Waals surface area contributed by atoms with Gasteiger partial charge in [0.1, 0.15) is 5.54 Å². The number of hydrogen-bond acceptors (Lipinski definition) is 6. The van der Waals surface area contributed by atoms with Crippen molar-refractivity contribution in [2.24, 2.45) is 0 Å². The summed E-state index contributed by atoms with van der Waals surface area (Å²) in [5.41, 5.74) is 2.47. The average Bonchev–Trinajstić information content (AvgIpc) is 2.43. The summed E-state index contributed by atoms with van der Waals surface area (Å²) in [5.74, 6) is 0.492. The molecule has 0 radical (unpaired) electrons. The Hall–Kier alpha value is -1.14. The zero-order valence-electron chi connectivity index (χ0n) is 13.0. The SMILES string of the molecule is CNC(C)(CCSc1nc(C)c(C)c(C)n1)C(=O)OC. The molecule has 0 spiro atoms. The van der Waals surface area contributed by atoms with Crippen LogP contribution >= 0.6 is 11.8 Å². The number of thioether (sulfide) groups is 1. The van der Waals surface area contributed by atoms with Crippen molar-refractivity contribution < 1.29 is 9.53 Å². The number of likely N-dealkylation sites (N-methyl/N-ethyl adjacent to an activating group) is 1. The van der Waals surface area contributed by atoms with E-state index in [-0.39, 0.29) is 5.97 Å². The van der Waals surface area contributed by atoms with Crippen molar-refractivity contribution in [2.45, 2.75) is 44.8 Å². The molecule has 6 heteroatoms. The molecule has 1 aromatic rings. The summed E-state index contributed by atoms with van der Waals surface area (Å²) in [7, 11) is 3.17. The molecule has 0 saturated carbocycles. The minimum Gasteiger partial charge on any atom is -0.468 e. The van der Waals surface area contributed by atoms with Crippen molar-refractivity contribution in [3.05, 3.63) is 17.0 Å². The van der Waals surface area contributed by atoms with E-state index in [0.29, 0.717) is 6.42 Å². The number of rotatable bonds is 6. The van der Waals surface area contributed by atoms with Crippen molar-refractivity contribution in [1.29, 1.82) is 0 Å². The summed E-state index contributed by atoms with van der Waals surface area (Å²) in [6.45, 7) is 7.83. The average molecular weight is 297 g/mol. The Morgan fingerprint density at radius 2 is 1.85 bits per heavy atom. The molecule has 1 N–H and O–H groups in total. The van der Waals surface area contributed by atoms with Crippen LogP contribution in [0.15, 0.2) is 5.16 Å². The van der Waals surface area contributed by atoms with Gasteiger partial charge in [0.15, 0.2) is 5.16 Å². The van der Waals surface area contributed by atoms with E-state index < -0.39 is 5.54 Å².